The molecule has 1 aromatic heterocycles. The average molecular weight is 291 g/mol. The third-order valence-corrected chi connectivity index (χ3v) is 4.19. The maximum atomic E-state index is 11.3. The molecular weight excluding hydrogens is 270 g/mol. The first-order chi connectivity index (χ1) is 10.1. The summed E-state index contributed by atoms with van der Waals surface area (Å²) in [6, 6.07) is 3.26. The van der Waals surface area contributed by atoms with Gasteiger partial charge < -0.3 is 20.5 Å². The predicted octanol–water partition coefficient (Wildman–Crippen LogP) is 0.779. The van der Waals surface area contributed by atoms with Crippen molar-refractivity contribution in [2.45, 2.75) is 37.9 Å². The first-order valence-electron chi connectivity index (χ1n) is 7.36. The highest BCUT2D eigenvalue weighted by Gasteiger charge is 2.42. The number of hydrogen-bond donors (Lipinski definition) is 2. The van der Waals surface area contributed by atoms with Crippen molar-refractivity contribution in [1.82, 2.24) is 10.3 Å². The Bertz CT molecular complexity index is 541. The Labute approximate surface area is 124 Å². The molecule has 0 radical (unpaired) electrons. The molecule has 2 aliphatic heterocycles. The van der Waals surface area contributed by atoms with Crippen LogP contribution in [0.1, 0.15) is 35.3 Å². The molecule has 0 aliphatic carbocycles. The SMILES string of the molecule is Cc1cc(C(N)=O)cc(OC2COC3(CCNCC3)C2)n1. The van der Waals surface area contributed by atoms with Crippen LogP contribution in [0.15, 0.2) is 12.1 Å². The van der Waals surface area contributed by atoms with Crippen molar-refractivity contribution in [2.24, 2.45) is 5.73 Å². The molecule has 0 aromatic carbocycles. The van der Waals surface area contributed by atoms with E-state index in [1.807, 2.05) is 6.92 Å². The van der Waals surface area contributed by atoms with Crippen molar-refractivity contribution in [1.29, 1.82) is 0 Å². The Balaban J connectivity index is 1.69. The molecule has 114 valence electrons. The second-order valence-electron chi connectivity index (χ2n) is 5.89. The molecule has 1 spiro atoms. The summed E-state index contributed by atoms with van der Waals surface area (Å²) in [6.45, 7) is 4.36. The van der Waals surface area contributed by atoms with E-state index in [1.54, 1.807) is 12.1 Å². The van der Waals surface area contributed by atoms with Gasteiger partial charge in [-0.3, -0.25) is 4.79 Å². The maximum absolute atomic E-state index is 11.3. The largest absolute Gasteiger partial charge is 0.472 e. The summed E-state index contributed by atoms with van der Waals surface area (Å²) in [7, 11) is 0. The predicted molar refractivity (Wildman–Crippen MR) is 77.3 cm³/mol. The van der Waals surface area contributed by atoms with Crippen molar-refractivity contribution < 1.29 is 14.3 Å². The number of primary amides is 1. The number of amides is 1. The summed E-state index contributed by atoms with van der Waals surface area (Å²) in [6.07, 6.45) is 2.88. The molecule has 21 heavy (non-hydrogen) atoms. The number of rotatable bonds is 3. The number of pyridine rings is 1. The fourth-order valence-corrected chi connectivity index (χ4v) is 3.12. The second-order valence-corrected chi connectivity index (χ2v) is 5.89. The fraction of sp³-hybridized carbons (Fsp3) is 0.600. The lowest BCUT2D eigenvalue weighted by Crippen LogP contribution is -2.41. The average Bonchev–Trinajstić information content (AvgIpc) is 2.81. The summed E-state index contributed by atoms with van der Waals surface area (Å²) < 4.78 is 11.9. The minimum atomic E-state index is -0.470. The van der Waals surface area contributed by atoms with Crippen LogP contribution in [0, 0.1) is 6.92 Å². The van der Waals surface area contributed by atoms with Crippen LogP contribution in [0.5, 0.6) is 5.88 Å². The van der Waals surface area contributed by atoms with Gasteiger partial charge in [-0.25, -0.2) is 4.98 Å². The standard InChI is InChI=1S/C15H21N3O3/c1-10-6-11(14(16)19)7-13(18-10)21-12-8-15(20-9-12)2-4-17-5-3-15/h6-7,12,17H,2-5,8-9H2,1H3,(H2,16,19). The number of carbonyl (C=O) groups excluding carboxylic acids is 1. The molecule has 1 amide bonds. The van der Waals surface area contributed by atoms with Crippen LogP contribution in [-0.4, -0.2) is 42.3 Å². The van der Waals surface area contributed by atoms with E-state index in [0.717, 1.165) is 38.0 Å². The Morgan fingerprint density at radius 2 is 2.24 bits per heavy atom. The van der Waals surface area contributed by atoms with E-state index in [9.17, 15) is 4.79 Å². The van der Waals surface area contributed by atoms with Crippen LogP contribution >= 0.6 is 0 Å². The Morgan fingerprint density at radius 1 is 1.48 bits per heavy atom. The molecule has 2 aliphatic rings. The highest BCUT2D eigenvalue weighted by atomic mass is 16.6. The molecule has 0 bridgehead atoms. The highest BCUT2D eigenvalue weighted by Crippen LogP contribution is 2.35. The van der Waals surface area contributed by atoms with Crippen molar-refractivity contribution in [2.75, 3.05) is 19.7 Å². The number of hydrogen-bond acceptors (Lipinski definition) is 5. The van der Waals surface area contributed by atoms with E-state index in [2.05, 4.69) is 10.3 Å². The first-order valence-corrected chi connectivity index (χ1v) is 7.36. The Kier molecular flexibility index (Phi) is 3.82. The van der Waals surface area contributed by atoms with Gasteiger partial charge in [0.25, 0.3) is 0 Å². The van der Waals surface area contributed by atoms with Crippen LogP contribution in [0.4, 0.5) is 0 Å². The van der Waals surface area contributed by atoms with Crippen molar-refractivity contribution >= 4 is 5.91 Å². The molecule has 2 fully saturated rings. The lowest BCUT2D eigenvalue weighted by Gasteiger charge is -2.32. The molecule has 1 atom stereocenters. The zero-order valence-corrected chi connectivity index (χ0v) is 12.2. The lowest BCUT2D eigenvalue weighted by atomic mass is 9.89. The molecule has 3 rings (SSSR count). The van der Waals surface area contributed by atoms with E-state index in [4.69, 9.17) is 15.2 Å². The summed E-state index contributed by atoms with van der Waals surface area (Å²) in [5.74, 6) is -0.0220. The third kappa shape index (κ3) is 3.16. The number of ether oxygens (including phenoxy) is 2. The van der Waals surface area contributed by atoms with Gasteiger partial charge in [0.05, 0.1) is 12.2 Å². The van der Waals surface area contributed by atoms with Crippen LogP contribution in [0.3, 0.4) is 0 Å². The maximum Gasteiger partial charge on any atom is 0.248 e. The number of aryl methyl sites for hydroxylation is 1. The van der Waals surface area contributed by atoms with E-state index in [-0.39, 0.29) is 11.7 Å². The first kappa shape index (κ1) is 14.3. The molecule has 3 heterocycles. The van der Waals surface area contributed by atoms with Crippen LogP contribution in [0.2, 0.25) is 0 Å². The number of carbonyl (C=O) groups is 1. The molecular formula is C15H21N3O3. The van der Waals surface area contributed by atoms with Gasteiger partial charge in [-0.15, -0.1) is 0 Å². The molecule has 0 saturated carbocycles. The van der Waals surface area contributed by atoms with Gasteiger partial charge in [-0.05, 0) is 38.9 Å². The van der Waals surface area contributed by atoms with Gasteiger partial charge in [-0.1, -0.05) is 0 Å². The third-order valence-electron chi connectivity index (χ3n) is 4.19. The zero-order valence-electron chi connectivity index (χ0n) is 12.2. The van der Waals surface area contributed by atoms with Gasteiger partial charge >= 0.3 is 0 Å². The Hall–Kier alpha value is -1.66. The van der Waals surface area contributed by atoms with Crippen molar-refractivity contribution in [3.8, 4) is 5.88 Å². The van der Waals surface area contributed by atoms with Crippen LogP contribution in [0.25, 0.3) is 0 Å². The van der Waals surface area contributed by atoms with E-state index < -0.39 is 5.91 Å². The van der Waals surface area contributed by atoms with E-state index in [1.165, 1.54) is 0 Å². The molecule has 1 unspecified atom stereocenters. The number of aromatic nitrogens is 1. The van der Waals surface area contributed by atoms with E-state index >= 15 is 0 Å². The fourth-order valence-electron chi connectivity index (χ4n) is 3.12. The summed E-state index contributed by atoms with van der Waals surface area (Å²) in [4.78, 5) is 15.6. The molecule has 2 saturated heterocycles. The topological polar surface area (TPSA) is 86.5 Å². The van der Waals surface area contributed by atoms with Crippen LogP contribution < -0.4 is 15.8 Å². The number of nitrogens with two attached hydrogens (primary N) is 1. The minimum absolute atomic E-state index is 0.0156. The monoisotopic (exact) mass is 291 g/mol. The second kappa shape index (κ2) is 5.61. The summed E-state index contributed by atoms with van der Waals surface area (Å²) >= 11 is 0. The lowest BCUT2D eigenvalue weighted by molar-refractivity contribution is -0.0205. The smallest absolute Gasteiger partial charge is 0.248 e. The normalized spacial score (nSPS) is 24.1. The highest BCUT2D eigenvalue weighted by molar-refractivity contribution is 5.93. The van der Waals surface area contributed by atoms with Gasteiger partial charge in [0.15, 0.2) is 0 Å². The summed E-state index contributed by atoms with van der Waals surface area (Å²) in [5.41, 5.74) is 6.41. The summed E-state index contributed by atoms with van der Waals surface area (Å²) in [5, 5.41) is 3.34. The van der Waals surface area contributed by atoms with Gasteiger partial charge in [0.1, 0.15) is 6.10 Å². The van der Waals surface area contributed by atoms with E-state index in [0.29, 0.717) is 18.1 Å². The van der Waals surface area contributed by atoms with Gasteiger partial charge in [-0.2, -0.15) is 0 Å². The Morgan fingerprint density at radius 3 is 2.95 bits per heavy atom. The minimum Gasteiger partial charge on any atom is -0.472 e. The van der Waals surface area contributed by atoms with Crippen molar-refractivity contribution in [3.05, 3.63) is 23.4 Å². The molecule has 1 aromatic rings. The zero-order chi connectivity index (χ0) is 14.9. The molecule has 3 N–H and O–H groups in total. The quantitative estimate of drug-likeness (QED) is 0.859. The number of nitrogens with zero attached hydrogens (tertiary/aromatic N) is 1. The van der Waals surface area contributed by atoms with Crippen LogP contribution in [-0.2, 0) is 4.74 Å². The van der Waals surface area contributed by atoms with Gasteiger partial charge in [0, 0.05) is 23.7 Å². The molecule has 6 nitrogen and oxygen atoms in total. The van der Waals surface area contributed by atoms with Crippen molar-refractivity contribution in [3.63, 3.8) is 0 Å². The number of piperidine rings is 1. The number of nitrogens with one attached hydrogen (secondary N) is 1. The van der Waals surface area contributed by atoms with Gasteiger partial charge in [0.2, 0.25) is 11.8 Å². The molecule has 6 heteroatoms.